The van der Waals surface area contributed by atoms with E-state index in [1.807, 2.05) is 5.10 Å². The maximum atomic E-state index is 13.1. The lowest BCUT2D eigenvalue weighted by Gasteiger charge is -1.96. The first kappa shape index (κ1) is 8.61. The van der Waals surface area contributed by atoms with Crippen molar-refractivity contribution in [3.05, 3.63) is 40.4 Å². The standard InChI is InChI=1S/C8H4F2N2O2/c9-4-1-2-6(10)5(3-4)7-11-12-8(13)14-7/h1-3H,(H,12,13). The van der Waals surface area contributed by atoms with Crippen molar-refractivity contribution in [3.8, 4) is 11.5 Å². The summed E-state index contributed by atoms with van der Waals surface area (Å²) >= 11 is 0. The molecular weight excluding hydrogens is 194 g/mol. The van der Waals surface area contributed by atoms with Gasteiger partial charge in [-0.2, -0.15) is 0 Å². The molecule has 0 saturated carbocycles. The molecule has 1 aromatic carbocycles. The van der Waals surface area contributed by atoms with Crippen LogP contribution in [0.3, 0.4) is 0 Å². The van der Waals surface area contributed by atoms with Gasteiger partial charge in [0.15, 0.2) is 0 Å². The first-order chi connectivity index (χ1) is 6.66. The van der Waals surface area contributed by atoms with Gasteiger partial charge in [-0.25, -0.2) is 18.7 Å². The molecule has 1 N–H and O–H groups in total. The lowest BCUT2D eigenvalue weighted by molar-refractivity contribution is 0.519. The van der Waals surface area contributed by atoms with Crippen LogP contribution in [-0.4, -0.2) is 10.2 Å². The van der Waals surface area contributed by atoms with Gasteiger partial charge in [0.1, 0.15) is 11.6 Å². The molecule has 0 fully saturated rings. The van der Waals surface area contributed by atoms with Gasteiger partial charge in [-0.3, -0.25) is 0 Å². The molecule has 6 heteroatoms. The number of nitrogens with one attached hydrogen (secondary N) is 1. The third-order valence-corrected chi connectivity index (χ3v) is 1.60. The molecule has 2 aromatic rings. The minimum Gasteiger partial charge on any atom is -0.388 e. The summed E-state index contributed by atoms with van der Waals surface area (Å²) in [6, 6.07) is 2.79. The van der Waals surface area contributed by atoms with Crippen LogP contribution in [0.2, 0.25) is 0 Å². The Morgan fingerprint density at radius 3 is 2.79 bits per heavy atom. The second-order valence-electron chi connectivity index (χ2n) is 2.54. The van der Waals surface area contributed by atoms with Crippen LogP contribution in [0, 0.1) is 11.6 Å². The van der Waals surface area contributed by atoms with Crippen molar-refractivity contribution in [2.24, 2.45) is 0 Å². The quantitative estimate of drug-likeness (QED) is 0.751. The third-order valence-electron chi connectivity index (χ3n) is 1.60. The largest absolute Gasteiger partial charge is 0.434 e. The van der Waals surface area contributed by atoms with Gasteiger partial charge in [-0.1, -0.05) is 0 Å². The number of hydrogen-bond acceptors (Lipinski definition) is 3. The van der Waals surface area contributed by atoms with Crippen LogP contribution in [0.1, 0.15) is 0 Å². The molecule has 1 heterocycles. The van der Waals surface area contributed by atoms with E-state index in [4.69, 9.17) is 0 Å². The average Bonchev–Trinajstić information content (AvgIpc) is 2.56. The van der Waals surface area contributed by atoms with E-state index in [2.05, 4.69) is 9.52 Å². The van der Waals surface area contributed by atoms with Crippen LogP contribution < -0.4 is 5.76 Å². The molecule has 4 nitrogen and oxygen atoms in total. The minimum absolute atomic E-state index is 0.191. The Morgan fingerprint density at radius 1 is 1.36 bits per heavy atom. The minimum atomic E-state index is -0.816. The zero-order valence-electron chi connectivity index (χ0n) is 6.75. The molecule has 14 heavy (non-hydrogen) atoms. The highest BCUT2D eigenvalue weighted by molar-refractivity contribution is 5.53. The van der Waals surface area contributed by atoms with Crippen LogP contribution in [0.5, 0.6) is 0 Å². The molecule has 0 saturated heterocycles. The fraction of sp³-hybridized carbons (Fsp3) is 0. The van der Waals surface area contributed by atoms with Crippen LogP contribution in [-0.2, 0) is 0 Å². The molecule has 0 bridgehead atoms. The number of aromatic nitrogens is 2. The normalized spacial score (nSPS) is 10.4. The van der Waals surface area contributed by atoms with Gasteiger partial charge >= 0.3 is 5.76 Å². The maximum absolute atomic E-state index is 13.1. The van der Waals surface area contributed by atoms with Crippen LogP contribution in [0.15, 0.2) is 27.4 Å². The van der Waals surface area contributed by atoms with E-state index in [1.54, 1.807) is 0 Å². The first-order valence-electron chi connectivity index (χ1n) is 3.68. The fourth-order valence-corrected chi connectivity index (χ4v) is 1.01. The molecule has 0 atom stereocenters. The van der Waals surface area contributed by atoms with Crippen molar-refractivity contribution in [1.29, 1.82) is 0 Å². The van der Waals surface area contributed by atoms with E-state index in [9.17, 15) is 13.6 Å². The van der Waals surface area contributed by atoms with Gasteiger partial charge < -0.3 is 4.42 Å². The molecular formula is C8H4F2N2O2. The Bertz CT molecular complexity index is 518. The van der Waals surface area contributed by atoms with Gasteiger partial charge in [0, 0.05) is 0 Å². The molecule has 0 aliphatic carbocycles. The molecule has 0 unspecified atom stereocenters. The van der Waals surface area contributed by atoms with Gasteiger partial charge in [0.25, 0.3) is 5.89 Å². The molecule has 0 amide bonds. The monoisotopic (exact) mass is 198 g/mol. The second-order valence-corrected chi connectivity index (χ2v) is 2.54. The Kier molecular flexibility index (Phi) is 1.88. The lowest BCUT2D eigenvalue weighted by atomic mass is 10.2. The molecule has 0 aliphatic heterocycles. The van der Waals surface area contributed by atoms with Gasteiger partial charge in [0.05, 0.1) is 5.56 Å². The van der Waals surface area contributed by atoms with Gasteiger partial charge in [-0.15, -0.1) is 5.10 Å². The van der Waals surface area contributed by atoms with E-state index >= 15 is 0 Å². The van der Waals surface area contributed by atoms with Crippen LogP contribution in [0.4, 0.5) is 8.78 Å². The van der Waals surface area contributed by atoms with Crippen molar-refractivity contribution < 1.29 is 13.2 Å². The predicted octanol–water partition coefficient (Wildman–Crippen LogP) is 1.31. The van der Waals surface area contributed by atoms with E-state index in [-0.39, 0.29) is 11.5 Å². The Balaban J connectivity index is 2.61. The van der Waals surface area contributed by atoms with Crippen molar-refractivity contribution >= 4 is 0 Å². The lowest BCUT2D eigenvalue weighted by Crippen LogP contribution is -1.93. The topological polar surface area (TPSA) is 58.9 Å². The summed E-state index contributed by atoms with van der Waals surface area (Å²) in [5.41, 5.74) is -0.191. The number of nitrogens with zero attached hydrogens (tertiary/aromatic N) is 1. The van der Waals surface area contributed by atoms with Gasteiger partial charge in [0.2, 0.25) is 0 Å². The Hall–Kier alpha value is -1.98. The summed E-state index contributed by atoms with van der Waals surface area (Å²) in [5.74, 6) is -2.43. The fourth-order valence-electron chi connectivity index (χ4n) is 1.01. The highest BCUT2D eigenvalue weighted by Crippen LogP contribution is 2.19. The van der Waals surface area contributed by atoms with Crippen LogP contribution in [0.25, 0.3) is 11.5 Å². The van der Waals surface area contributed by atoms with E-state index in [0.29, 0.717) is 0 Å². The van der Waals surface area contributed by atoms with Gasteiger partial charge in [-0.05, 0) is 18.2 Å². The van der Waals surface area contributed by atoms with E-state index in [1.165, 1.54) is 0 Å². The van der Waals surface area contributed by atoms with Crippen molar-refractivity contribution in [3.63, 3.8) is 0 Å². The molecule has 2 rings (SSSR count). The summed E-state index contributed by atoms with van der Waals surface area (Å²) in [6.45, 7) is 0. The highest BCUT2D eigenvalue weighted by Gasteiger charge is 2.11. The number of H-pyrrole nitrogens is 1. The first-order valence-corrected chi connectivity index (χ1v) is 3.68. The third kappa shape index (κ3) is 1.41. The smallest absolute Gasteiger partial charge is 0.388 e. The van der Waals surface area contributed by atoms with Crippen LogP contribution >= 0.6 is 0 Å². The SMILES string of the molecule is O=c1[nH]nc(-c2cc(F)ccc2F)o1. The van der Waals surface area contributed by atoms with Crippen molar-refractivity contribution in [2.45, 2.75) is 0 Å². The second kappa shape index (κ2) is 3.06. The number of hydrogen-bond donors (Lipinski definition) is 1. The maximum Gasteiger partial charge on any atom is 0.434 e. The summed E-state index contributed by atoms with van der Waals surface area (Å²) in [5, 5.41) is 5.33. The summed E-state index contributed by atoms with van der Waals surface area (Å²) in [4.78, 5) is 10.6. The van der Waals surface area contributed by atoms with Crippen molar-refractivity contribution in [2.75, 3.05) is 0 Å². The summed E-state index contributed by atoms with van der Waals surface area (Å²) in [6.07, 6.45) is 0. The Morgan fingerprint density at radius 2 is 2.14 bits per heavy atom. The summed E-state index contributed by atoms with van der Waals surface area (Å²) < 4.78 is 30.3. The molecule has 1 aromatic heterocycles. The zero-order chi connectivity index (χ0) is 10.1. The average molecular weight is 198 g/mol. The number of halogens is 2. The van der Waals surface area contributed by atoms with E-state index < -0.39 is 17.4 Å². The van der Waals surface area contributed by atoms with Crippen molar-refractivity contribution in [1.82, 2.24) is 10.2 Å². The predicted molar refractivity (Wildman–Crippen MR) is 42.5 cm³/mol. The Labute approximate surface area is 76.2 Å². The molecule has 0 radical (unpaired) electrons. The summed E-state index contributed by atoms with van der Waals surface area (Å²) in [7, 11) is 0. The highest BCUT2D eigenvalue weighted by atomic mass is 19.1. The zero-order valence-corrected chi connectivity index (χ0v) is 6.75. The number of benzene rings is 1. The number of aromatic amines is 1. The molecule has 0 spiro atoms. The molecule has 0 aliphatic rings. The number of rotatable bonds is 1. The molecule has 72 valence electrons. The van der Waals surface area contributed by atoms with E-state index in [0.717, 1.165) is 18.2 Å².